The first-order valence-electron chi connectivity index (χ1n) is 6.80. The van der Waals surface area contributed by atoms with Crippen molar-refractivity contribution in [2.75, 3.05) is 11.9 Å². The number of carbonyl (C=O) groups excluding carboxylic acids is 1. The van der Waals surface area contributed by atoms with Crippen LogP contribution in [-0.4, -0.2) is 39.6 Å². The Hall–Kier alpha value is -2.63. The first-order valence-corrected chi connectivity index (χ1v) is 6.80. The molecule has 0 saturated carbocycles. The van der Waals surface area contributed by atoms with Crippen LogP contribution in [-0.2, 0) is 4.79 Å². The number of aliphatic carboxylic acids is 1. The number of carbonyl (C=O) groups is 2. The molecular weight excluding hydrogens is 270 g/mol. The maximum Gasteiger partial charge on any atom is 0.326 e. The van der Waals surface area contributed by atoms with Gasteiger partial charge < -0.3 is 15.3 Å². The van der Waals surface area contributed by atoms with Crippen molar-refractivity contribution < 1.29 is 14.7 Å². The zero-order valence-corrected chi connectivity index (χ0v) is 11.3. The van der Waals surface area contributed by atoms with Gasteiger partial charge in [-0.1, -0.05) is 12.1 Å². The van der Waals surface area contributed by atoms with E-state index in [0.29, 0.717) is 25.1 Å². The van der Waals surface area contributed by atoms with E-state index in [4.69, 9.17) is 5.11 Å². The largest absolute Gasteiger partial charge is 0.480 e. The maximum absolute atomic E-state index is 12.3. The lowest BCUT2D eigenvalue weighted by Gasteiger charge is -2.22. The van der Waals surface area contributed by atoms with E-state index in [1.807, 2.05) is 18.2 Å². The number of likely N-dealkylation sites (tertiary alicyclic amines) is 1. The van der Waals surface area contributed by atoms with Gasteiger partial charge in [-0.15, -0.1) is 0 Å². The molecule has 1 saturated heterocycles. The van der Waals surface area contributed by atoms with E-state index >= 15 is 0 Å². The standard InChI is InChI=1S/C15H15N3O3/c19-14(20)13-5-2-8-18(13)15(21)17-12-4-1-3-10-9-16-7-6-11(10)12/h1,3-4,6-7,9,13H,2,5,8H2,(H,17,21)(H,19,20). The second-order valence-corrected chi connectivity index (χ2v) is 5.02. The third kappa shape index (κ3) is 2.52. The smallest absolute Gasteiger partial charge is 0.326 e. The number of urea groups is 1. The number of rotatable bonds is 2. The molecule has 1 atom stereocenters. The van der Waals surface area contributed by atoms with E-state index in [9.17, 15) is 9.59 Å². The summed E-state index contributed by atoms with van der Waals surface area (Å²) >= 11 is 0. The summed E-state index contributed by atoms with van der Waals surface area (Å²) < 4.78 is 0. The van der Waals surface area contributed by atoms with Crippen LogP contribution in [0.4, 0.5) is 10.5 Å². The molecule has 1 aromatic carbocycles. The Morgan fingerprint density at radius 1 is 1.33 bits per heavy atom. The Morgan fingerprint density at radius 2 is 2.19 bits per heavy atom. The molecular formula is C15H15N3O3. The van der Waals surface area contributed by atoms with Crippen molar-refractivity contribution in [3.8, 4) is 0 Å². The van der Waals surface area contributed by atoms with E-state index in [-0.39, 0.29) is 6.03 Å². The number of fused-ring (bicyclic) bond motifs is 1. The van der Waals surface area contributed by atoms with Crippen molar-refractivity contribution in [1.29, 1.82) is 0 Å². The average molecular weight is 285 g/mol. The normalized spacial score (nSPS) is 17.9. The van der Waals surface area contributed by atoms with Gasteiger partial charge in [0.2, 0.25) is 0 Å². The van der Waals surface area contributed by atoms with E-state index in [1.54, 1.807) is 18.5 Å². The van der Waals surface area contributed by atoms with Crippen molar-refractivity contribution >= 4 is 28.5 Å². The van der Waals surface area contributed by atoms with Crippen LogP contribution in [0.2, 0.25) is 0 Å². The predicted octanol–water partition coefficient (Wildman–Crippen LogP) is 2.32. The van der Waals surface area contributed by atoms with Gasteiger partial charge in [-0.25, -0.2) is 9.59 Å². The highest BCUT2D eigenvalue weighted by Gasteiger charge is 2.34. The molecule has 108 valence electrons. The summed E-state index contributed by atoms with van der Waals surface area (Å²) in [6, 6.07) is 6.26. The number of carboxylic acid groups (broad SMARTS) is 1. The lowest BCUT2D eigenvalue weighted by Crippen LogP contribution is -2.42. The Labute approximate surface area is 121 Å². The quantitative estimate of drug-likeness (QED) is 0.887. The first kappa shape index (κ1) is 13.4. The molecule has 1 aromatic heterocycles. The van der Waals surface area contributed by atoms with Crippen molar-refractivity contribution in [2.24, 2.45) is 0 Å². The van der Waals surface area contributed by atoms with Gasteiger partial charge in [0.15, 0.2) is 0 Å². The van der Waals surface area contributed by atoms with E-state index < -0.39 is 12.0 Å². The molecule has 2 N–H and O–H groups in total. The number of benzene rings is 1. The van der Waals surface area contributed by atoms with Crippen LogP contribution < -0.4 is 5.32 Å². The summed E-state index contributed by atoms with van der Waals surface area (Å²) in [5.41, 5.74) is 0.663. The first-order chi connectivity index (χ1) is 10.2. The van der Waals surface area contributed by atoms with Crippen LogP contribution in [0.1, 0.15) is 12.8 Å². The number of aromatic nitrogens is 1. The van der Waals surface area contributed by atoms with Gasteiger partial charge in [0.1, 0.15) is 6.04 Å². The minimum absolute atomic E-state index is 0.371. The fourth-order valence-electron chi connectivity index (χ4n) is 2.69. The van der Waals surface area contributed by atoms with Crippen molar-refractivity contribution in [3.63, 3.8) is 0 Å². The highest BCUT2D eigenvalue weighted by molar-refractivity contribution is 6.02. The summed E-state index contributed by atoms with van der Waals surface area (Å²) in [7, 11) is 0. The molecule has 6 nitrogen and oxygen atoms in total. The zero-order valence-electron chi connectivity index (χ0n) is 11.3. The van der Waals surface area contributed by atoms with Crippen molar-refractivity contribution in [3.05, 3.63) is 36.7 Å². The summed E-state index contributed by atoms with van der Waals surface area (Å²) in [5, 5.41) is 13.8. The summed E-state index contributed by atoms with van der Waals surface area (Å²) in [6.45, 7) is 0.467. The molecule has 0 radical (unpaired) electrons. The monoisotopic (exact) mass is 285 g/mol. The highest BCUT2D eigenvalue weighted by atomic mass is 16.4. The van der Waals surface area contributed by atoms with E-state index in [2.05, 4.69) is 10.3 Å². The summed E-state index contributed by atoms with van der Waals surface area (Å²) in [6.07, 6.45) is 4.60. The number of hydrogen-bond acceptors (Lipinski definition) is 3. The Balaban J connectivity index is 1.85. The Morgan fingerprint density at radius 3 is 3.00 bits per heavy atom. The predicted molar refractivity (Wildman–Crippen MR) is 78.1 cm³/mol. The topological polar surface area (TPSA) is 82.5 Å². The third-order valence-electron chi connectivity index (χ3n) is 3.72. The molecule has 6 heteroatoms. The van der Waals surface area contributed by atoms with E-state index in [1.165, 1.54) is 4.90 Å². The zero-order chi connectivity index (χ0) is 14.8. The third-order valence-corrected chi connectivity index (χ3v) is 3.72. The Bertz CT molecular complexity index is 696. The Kier molecular flexibility index (Phi) is 3.43. The number of hydrogen-bond donors (Lipinski definition) is 2. The van der Waals surface area contributed by atoms with Gasteiger partial charge in [0, 0.05) is 29.7 Å². The molecule has 0 spiro atoms. The van der Waals surface area contributed by atoms with Gasteiger partial charge in [-0.3, -0.25) is 4.98 Å². The summed E-state index contributed by atoms with van der Waals surface area (Å²) in [5.74, 6) is -0.954. The van der Waals surface area contributed by atoms with E-state index in [0.717, 1.165) is 10.8 Å². The molecule has 2 aromatic rings. The highest BCUT2D eigenvalue weighted by Crippen LogP contribution is 2.24. The molecule has 1 unspecified atom stereocenters. The SMILES string of the molecule is O=C(O)C1CCCN1C(=O)Nc1cccc2cnccc12. The number of nitrogens with zero attached hydrogens (tertiary/aromatic N) is 2. The van der Waals surface area contributed by atoms with Gasteiger partial charge in [0.25, 0.3) is 0 Å². The second kappa shape index (κ2) is 5.40. The van der Waals surface area contributed by atoms with Crippen LogP contribution in [0.15, 0.2) is 36.7 Å². The van der Waals surface area contributed by atoms with Crippen LogP contribution in [0.5, 0.6) is 0 Å². The van der Waals surface area contributed by atoms with Gasteiger partial charge in [0.05, 0.1) is 5.69 Å². The molecule has 3 rings (SSSR count). The number of anilines is 1. The molecule has 1 fully saturated rings. The second-order valence-electron chi connectivity index (χ2n) is 5.02. The lowest BCUT2D eigenvalue weighted by molar-refractivity contribution is -0.141. The number of amides is 2. The number of pyridine rings is 1. The van der Waals surface area contributed by atoms with Gasteiger partial charge in [-0.05, 0) is 25.0 Å². The molecule has 1 aliphatic rings. The molecule has 0 bridgehead atoms. The van der Waals surface area contributed by atoms with Crippen LogP contribution in [0.3, 0.4) is 0 Å². The number of nitrogens with one attached hydrogen (secondary N) is 1. The molecule has 2 heterocycles. The van der Waals surface area contributed by atoms with Crippen LogP contribution in [0.25, 0.3) is 10.8 Å². The summed E-state index contributed by atoms with van der Waals surface area (Å²) in [4.78, 5) is 28.9. The molecule has 0 aliphatic carbocycles. The minimum atomic E-state index is -0.954. The maximum atomic E-state index is 12.3. The number of carboxylic acids is 1. The fraction of sp³-hybridized carbons (Fsp3) is 0.267. The van der Waals surface area contributed by atoms with Crippen molar-refractivity contribution in [2.45, 2.75) is 18.9 Å². The lowest BCUT2D eigenvalue weighted by atomic mass is 10.1. The average Bonchev–Trinajstić information content (AvgIpc) is 2.97. The molecule has 21 heavy (non-hydrogen) atoms. The minimum Gasteiger partial charge on any atom is -0.480 e. The van der Waals surface area contributed by atoms with Crippen LogP contribution >= 0.6 is 0 Å². The fourth-order valence-corrected chi connectivity index (χ4v) is 2.69. The van der Waals surface area contributed by atoms with Gasteiger partial charge in [-0.2, -0.15) is 0 Å². The van der Waals surface area contributed by atoms with Crippen molar-refractivity contribution in [1.82, 2.24) is 9.88 Å². The van der Waals surface area contributed by atoms with Gasteiger partial charge >= 0.3 is 12.0 Å². The molecule has 2 amide bonds. The molecule has 1 aliphatic heterocycles. The van der Waals surface area contributed by atoms with Crippen LogP contribution in [0, 0.1) is 0 Å².